The van der Waals surface area contributed by atoms with Gasteiger partial charge in [0.25, 0.3) is 0 Å². The molecule has 3 aromatic heterocycles. The highest BCUT2D eigenvalue weighted by molar-refractivity contribution is 9.10. The number of hydrazone groups is 1. The Labute approximate surface area is 223 Å². The minimum Gasteiger partial charge on any atom is -0.383 e. The number of hydrogen-bond donors (Lipinski definition) is 1. The van der Waals surface area contributed by atoms with Crippen molar-refractivity contribution in [2.75, 3.05) is 43.5 Å². The van der Waals surface area contributed by atoms with E-state index in [4.69, 9.17) is 25.5 Å². The van der Waals surface area contributed by atoms with Crippen LogP contribution in [0.2, 0.25) is 0 Å². The number of benzene rings is 1. The van der Waals surface area contributed by atoms with Crippen LogP contribution in [0.15, 0.2) is 64.6 Å². The number of piperidine rings is 1. The minimum absolute atomic E-state index is 0.407. The number of anilines is 2. The first-order valence-corrected chi connectivity index (χ1v) is 13.3. The molecule has 2 saturated heterocycles. The molecule has 0 amide bonds. The van der Waals surface area contributed by atoms with Gasteiger partial charge < -0.3 is 15.4 Å². The van der Waals surface area contributed by atoms with Crippen molar-refractivity contribution in [1.82, 2.24) is 24.9 Å². The molecule has 2 aliphatic heterocycles. The van der Waals surface area contributed by atoms with Crippen molar-refractivity contribution in [2.45, 2.75) is 19.3 Å². The van der Waals surface area contributed by atoms with Crippen LogP contribution in [0, 0.1) is 0 Å². The molecule has 5 heterocycles. The van der Waals surface area contributed by atoms with Crippen LogP contribution in [-0.2, 0) is 4.74 Å². The number of rotatable bonds is 4. The van der Waals surface area contributed by atoms with Gasteiger partial charge >= 0.3 is 0 Å². The van der Waals surface area contributed by atoms with Gasteiger partial charge in [0, 0.05) is 29.2 Å². The standard InChI is InChI=1S/C27H27BrN8O/c28-20-5-3-4-18(14-20)21-15-22(33-27-25(21)26(29)31-17-32-27)19-7-8-23(30-16-19)36-9-2-1-6-24(36)34-35-10-12-37-13-11-35/h3-5,7-8,14-17H,1-2,6,9-13H2,(H2,29,31,32,33). The predicted octanol–water partition coefficient (Wildman–Crippen LogP) is 4.73. The Bertz CT molecular complexity index is 1450. The highest BCUT2D eigenvalue weighted by atomic mass is 79.9. The molecule has 0 atom stereocenters. The zero-order valence-corrected chi connectivity index (χ0v) is 21.9. The number of amidine groups is 1. The molecule has 0 saturated carbocycles. The summed E-state index contributed by atoms with van der Waals surface area (Å²) in [6, 6.07) is 14.2. The molecule has 9 nitrogen and oxygen atoms in total. The molecule has 0 spiro atoms. The van der Waals surface area contributed by atoms with Crippen LogP contribution in [0.25, 0.3) is 33.4 Å². The van der Waals surface area contributed by atoms with E-state index in [0.29, 0.717) is 11.5 Å². The molecule has 2 aliphatic rings. The van der Waals surface area contributed by atoms with Crippen LogP contribution >= 0.6 is 15.9 Å². The molecule has 4 aromatic rings. The van der Waals surface area contributed by atoms with Gasteiger partial charge in [0.2, 0.25) is 0 Å². The number of ether oxygens (including phenoxy) is 1. The van der Waals surface area contributed by atoms with Crippen molar-refractivity contribution >= 4 is 44.4 Å². The highest BCUT2D eigenvalue weighted by Crippen LogP contribution is 2.35. The maximum absolute atomic E-state index is 6.26. The highest BCUT2D eigenvalue weighted by Gasteiger charge is 2.22. The Morgan fingerprint density at radius 3 is 2.65 bits per heavy atom. The number of nitrogen functional groups attached to an aromatic ring is 1. The second-order valence-electron chi connectivity index (χ2n) is 9.12. The maximum Gasteiger partial charge on any atom is 0.165 e. The van der Waals surface area contributed by atoms with Crippen molar-refractivity contribution in [3.63, 3.8) is 0 Å². The van der Waals surface area contributed by atoms with E-state index < -0.39 is 0 Å². The summed E-state index contributed by atoms with van der Waals surface area (Å²) in [6.45, 7) is 4.01. The first-order chi connectivity index (χ1) is 18.2. The van der Waals surface area contributed by atoms with Crippen molar-refractivity contribution in [1.29, 1.82) is 0 Å². The Morgan fingerprint density at radius 2 is 1.84 bits per heavy atom. The van der Waals surface area contributed by atoms with Crippen LogP contribution in [-0.4, -0.2) is 63.6 Å². The van der Waals surface area contributed by atoms with Gasteiger partial charge in [0.05, 0.1) is 37.4 Å². The molecule has 188 valence electrons. The summed E-state index contributed by atoms with van der Waals surface area (Å²) in [5, 5.41) is 7.80. The normalized spacial score (nSPS) is 17.5. The fraction of sp³-hybridized carbons (Fsp3) is 0.296. The van der Waals surface area contributed by atoms with E-state index in [1.165, 1.54) is 6.33 Å². The average molecular weight is 559 g/mol. The second-order valence-corrected chi connectivity index (χ2v) is 10.0. The van der Waals surface area contributed by atoms with Gasteiger partial charge in [-0.25, -0.2) is 19.9 Å². The number of morpholine rings is 1. The Balaban J connectivity index is 1.36. The predicted molar refractivity (Wildman–Crippen MR) is 149 cm³/mol. The van der Waals surface area contributed by atoms with Gasteiger partial charge in [-0.15, -0.1) is 0 Å². The third kappa shape index (κ3) is 4.99. The molecule has 6 rings (SSSR count). The quantitative estimate of drug-likeness (QED) is 0.383. The van der Waals surface area contributed by atoms with E-state index in [-0.39, 0.29) is 0 Å². The molecule has 1 aromatic carbocycles. The van der Waals surface area contributed by atoms with Crippen molar-refractivity contribution < 1.29 is 4.74 Å². The molecule has 0 radical (unpaired) electrons. The third-order valence-corrected chi connectivity index (χ3v) is 7.17. The van der Waals surface area contributed by atoms with Gasteiger partial charge in [-0.3, -0.25) is 5.01 Å². The molecule has 37 heavy (non-hydrogen) atoms. The number of hydrogen-bond acceptors (Lipinski definition) is 8. The van der Waals surface area contributed by atoms with Crippen molar-refractivity contribution in [3.8, 4) is 22.4 Å². The summed E-state index contributed by atoms with van der Waals surface area (Å²) in [7, 11) is 0. The van der Waals surface area contributed by atoms with E-state index in [0.717, 1.165) is 96.0 Å². The van der Waals surface area contributed by atoms with Gasteiger partial charge in [-0.2, -0.15) is 5.10 Å². The average Bonchev–Trinajstić information content (AvgIpc) is 2.94. The molecule has 0 unspecified atom stereocenters. The summed E-state index contributed by atoms with van der Waals surface area (Å²) in [4.78, 5) is 20.5. The van der Waals surface area contributed by atoms with Crippen LogP contribution < -0.4 is 10.6 Å². The SMILES string of the molecule is Nc1ncnc2nc(-c3ccc(N4CCCCC4=NN4CCOCC4)nc3)cc(-c3cccc(Br)c3)c12. The minimum atomic E-state index is 0.407. The van der Waals surface area contributed by atoms with E-state index in [9.17, 15) is 0 Å². The number of pyridine rings is 2. The smallest absolute Gasteiger partial charge is 0.165 e. The molecular weight excluding hydrogens is 532 g/mol. The molecule has 2 fully saturated rings. The number of fused-ring (bicyclic) bond motifs is 1. The Kier molecular flexibility index (Phi) is 6.67. The maximum atomic E-state index is 6.26. The lowest BCUT2D eigenvalue weighted by molar-refractivity contribution is 0.0391. The summed E-state index contributed by atoms with van der Waals surface area (Å²) in [5.41, 5.74) is 10.4. The Hall–Kier alpha value is -3.63. The number of halogens is 1. The van der Waals surface area contributed by atoms with Crippen LogP contribution in [0.4, 0.5) is 11.6 Å². The lowest BCUT2D eigenvalue weighted by Gasteiger charge is -2.32. The second kappa shape index (κ2) is 10.4. The zero-order chi connectivity index (χ0) is 25.2. The topological polar surface area (TPSA) is 106 Å². The fourth-order valence-electron chi connectivity index (χ4n) is 4.80. The summed E-state index contributed by atoms with van der Waals surface area (Å²) in [5.74, 6) is 2.38. The van der Waals surface area contributed by atoms with E-state index in [1.807, 2.05) is 30.5 Å². The summed E-state index contributed by atoms with van der Waals surface area (Å²) in [6.07, 6.45) is 6.53. The number of nitrogens with two attached hydrogens (primary N) is 1. The summed E-state index contributed by atoms with van der Waals surface area (Å²) < 4.78 is 6.45. The van der Waals surface area contributed by atoms with E-state index in [1.54, 1.807) is 0 Å². The van der Waals surface area contributed by atoms with Crippen LogP contribution in [0.5, 0.6) is 0 Å². The van der Waals surface area contributed by atoms with Crippen molar-refractivity contribution in [2.24, 2.45) is 5.10 Å². The number of nitrogens with zero attached hydrogens (tertiary/aromatic N) is 7. The van der Waals surface area contributed by atoms with Gasteiger partial charge in [0.15, 0.2) is 5.65 Å². The van der Waals surface area contributed by atoms with E-state index >= 15 is 0 Å². The number of aromatic nitrogens is 4. The van der Waals surface area contributed by atoms with Crippen molar-refractivity contribution in [3.05, 3.63) is 59.5 Å². The molecule has 2 N–H and O–H groups in total. The lowest BCUT2D eigenvalue weighted by Crippen LogP contribution is -2.40. The van der Waals surface area contributed by atoms with Crippen LogP contribution in [0.1, 0.15) is 19.3 Å². The van der Waals surface area contributed by atoms with Gasteiger partial charge in [-0.05, 0) is 54.3 Å². The zero-order valence-electron chi connectivity index (χ0n) is 20.3. The fourth-order valence-corrected chi connectivity index (χ4v) is 5.20. The van der Waals surface area contributed by atoms with Crippen LogP contribution in [0.3, 0.4) is 0 Å². The monoisotopic (exact) mass is 558 g/mol. The summed E-state index contributed by atoms with van der Waals surface area (Å²) >= 11 is 3.58. The van der Waals surface area contributed by atoms with Gasteiger partial charge in [-0.1, -0.05) is 28.1 Å². The largest absolute Gasteiger partial charge is 0.383 e. The molecular formula is C27H27BrN8O. The van der Waals surface area contributed by atoms with Gasteiger partial charge in [0.1, 0.15) is 23.8 Å². The molecule has 0 bridgehead atoms. The first-order valence-electron chi connectivity index (χ1n) is 12.5. The van der Waals surface area contributed by atoms with E-state index in [2.05, 4.69) is 54.0 Å². The third-order valence-electron chi connectivity index (χ3n) is 6.68. The first kappa shape index (κ1) is 23.7. The Morgan fingerprint density at radius 1 is 0.946 bits per heavy atom. The molecule has 0 aliphatic carbocycles. The molecule has 10 heteroatoms. The lowest BCUT2D eigenvalue weighted by atomic mass is 10.0.